The van der Waals surface area contributed by atoms with E-state index in [4.69, 9.17) is 17.0 Å². The van der Waals surface area contributed by atoms with Gasteiger partial charge in [-0.2, -0.15) is 0 Å². The number of halogens is 1. The van der Waals surface area contributed by atoms with Crippen molar-refractivity contribution in [1.82, 2.24) is 10.2 Å². The number of esters is 1. The molecule has 30 heavy (non-hydrogen) atoms. The fraction of sp³-hybridized carbons (Fsp3) is 0.227. The van der Waals surface area contributed by atoms with E-state index < -0.39 is 6.04 Å². The second kappa shape index (κ2) is 9.40. The van der Waals surface area contributed by atoms with Crippen LogP contribution in [0.3, 0.4) is 0 Å². The van der Waals surface area contributed by atoms with Gasteiger partial charge in [0.1, 0.15) is 0 Å². The van der Waals surface area contributed by atoms with Crippen molar-refractivity contribution in [3.63, 3.8) is 0 Å². The van der Waals surface area contributed by atoms with Gasteiger partial charge in [-0.15, -0.1) is 0 Å². The maximum atomic E-state index is 12.6. The number of ether oxygens (including phenoxy) is 1. The second-order valence-corrected chi connectivity index (χ2v) is 8.05. The van der Waals surface area contributed by atoms with Gasteiger partial charge in [-0.05, 0) is 68.0 Å². The van der Waals surface area contributed by atoms with Crippen LogP contribution < -0.4 is 10.6 Å². The molecule has 0 radical (unpaired) electrons. The van der Waals surface area contributed by atoms with Crippen molar-refractivity contribution in [3.05, 3.63) is 75.4 Å². The van der Waals surface area contributed by atoms with Gasteiger partial charge in [0, 0.05) is 28.5 Å². The standard InChI is InChI=1S/C22H22BrN3O3S/c1-4-29-21(28)18-13(2)26(3)22(30)25-19(18)14-7-11-17(12-8-14)24-20(27)15-5-9-16(23)10-6-15/h5-12,19H,4H2,1-3H3,(H,24,27)(H,25,30). The quantitative estimate of drug-likeness (QED) is 0.481. The van der Waals surface area contributed by atoms with Crippen molar-refractivity contribution in [2.45, 2.75) is 19.9 Å². The molecule has 0 bridgehead atoms. The molecule has 0 aromatic heterocycles. The minimum atomic E-state index is -0.427. The van der Waals surface area contributed by atoms with Crippen LogP contribution in [-0.4, -0.2) is 35.5 Å². The highest BCUT2D eigenvalue weighted by Crippen LogP contribution is 2.31. The summed E-state index contributed by atoms with van der Waals surface area (Å²) in [5.41, 5.74) is 3.32. The maximum Gasteiger partial charge on any atom is 0.338 e. The molecular weight excluding hydrogens is 466 g/mol. The maximum absolute atomic E-state index is 12.6. The Bertz CT molecular complexity index is 1000. The van der Waals surface area contributed by atoms with Gasteiger partial charge >= 0.3 is 5.97 Å². The van der Waals surface area contributed by atoms with Gasteiger partial charge < -0.3 is 20.3 Å². The molecule has 1 amide bonds. The summed E-state index contributed by atoms with van der Waals surface area (Å²) in [4.78, 5) is 26.8. The Labute approximate surface area is 189 Å². The topological polar surface area (TPSA) is 70.7 Å². The number of amides is 1. The summed E-state index contributed by atoms with van der Waals surface area (Å²) in [6.45, 7) is 3.91. The molecule has 3 rings (SSSR count). The van der Waals surface area contributed by atoms with Gasteiger partial charge in [-0.3, -0.25) is 4.79 Å². The number of benzene rings is 2. The molecule has 2 aromatic rings. The number of nitrogens with zero attached hydrogens (tertiary/aromatic N) is 1. The minimum absolute atomic E-state index is 0.197. The lowest BCUT2D eigenvalue weighted by atomic mass is 9.95. The van der Waals surface area contributed by atoms with E-state index in [1.165, 1.54) is 0 Å². The number of thiocarbonyl (C=S) groups is 1. The second-order valence-electron chi connectivity index (χ2n) is 6.74. The van der Waals surface area contributed by atoms with E-state index in [1.54, 1.807) is 43.1 Å². The smallest absolute Gasteiger partial charge is 0.338 e. The largest absolute Gasteiger partial charge is 0.463 e. The highest BCUT2D eigenvalue weighted by Gasteiger charge is 2.33. The number of carbonyl (C=O) groups excluding carboxylic acids is 2. The predicted octanol–water partition coefficient (Wildman–Crippen LogP) is 4.40. The molecule has 1 heterocycles. The number of anilines is 1. The molecule has 0 saturated heterocycles. The van der Waals surface area contributed by atoms with Crippen LogP contribution in [0.15, 0.2) is 64.3 Å². The summed E-state index contributed by atoms with van der Waals surface area (Å²) in [6.07, 6.45) is 0. The minimum Gasteiger partial charge on any atom is -0.463 e. The summed E-state index contributed by atoms with van der Waals surface area (Å²) in [7, 11) is 1.81. The van der Waals surface area contributed by atoms with Crippen LogP contribution in [-0.2, 0) is 9.53 Å². The molecule has 1 atom stereocenters. The van der Waals surface area contributed by atoms with Crippen molar-refractivity contribution in [3.8, 4) is 0 Å². The molecule has 2 aromatic carbocycles. The van der Waals surface area contributed by atoms with Crippen LogP contribution in [0.5, 0.6) is 0 Å². The average molecular weight is 488 g/mol. The average Bonchev–Trinajstić information content (AvgIpc) is 2.73. The molecule has 0 spiro atoms. The van der Waals surface area contributed by atoms with Crippen LogP contribution in [0.4, 0.5) is 5.69 Å². The first-order valence-corrected chi connectivity index (χ1v) is 10.6. The molecule has 0 saturated carbocycles. The normalized spacial score (nSPS) is 16.2. The van der Waals surface area contributed by atoms with Crippen molar-refractivity contribution >= 4 is 50.8 Å². The van der Waals surface area contributed by atoms with E-state index in [1.807, 2.05) is 31.2 Å². The summed E-state index contributed by atoms with van der Waals surface area (Å²) < 4.78 is 6.16. The molecule has 0 fully saturated rings. The number of hydrogen-bond acceptors (Lipinski definition) is 4. The zero-order valence-electron chi connectivity index (χ0n) is 16.9. The molecule has 6 nitrogen and oxygen atoms in total. The van der Waals surface area contributed by atoms with Crippen LogP contribution in [0.2, 0.25) is 0 Å². The van der Waals surface area contributed by atoms with Gasteiger partial charge in [-0.25, -0.2) is 4.79 Å². The number of hydrogen-bond donors (Lipinski definition) is 2. The first-order valence-electron chi connectivity index (χ1n) is 9.40. The number of allylic oxidation sites excluding steroid dienone is 1. The van der Waals surface area contributed by atoms with E-state index in [-0.39, 0.29) is 18.5 Å². The molecule has 156 valence electrons. The van der Waals surface area contributed by atoms with Crippen molar-refractivity contribution in [2.24, 2.45) is 0 Å². The van der Waals surface area contributed by atoms with E-state index in [0.717, 1.165) is 15.7 Å². The lowest BCUT2D eigenvalue weighted by Crippen LogP contribution is -2.46. The Hall–Kier alpha value is -2.71. The molecule has 2 N–H and O–H groups in total. The fourth-order valence-electron chi connectivity index (χ4n) is 3.12. The number of nitrogens with one attached hydrogen (secondary N) is 2. The molecule has 8 heteroatoms. The van der Waals surface area contributed by atoms with E-state index in [0.29, 0.717) is 21.9 Å². The lowest BCUT2D eigenvalue weighted by Gasteiger charge is -2.35. The van der Waals surface area contributed by atoms with Crippen LogP contribution >= 0.6 is 28.1 Å². The first-order chi connectivity index (χ1) is 14.3. The first kappa shape index (κ1) is 22.0. The predicted molar refractivity (Wildman–Crippen MR) is 124 cm³/mol. The Kier molecular flexibility index (Phi) is 6.89. The Balaban J connectivity index is 1.83. The van der Waals surface area contributed by atoms with E-state index in [2.05, 4.69) is 26.6 Å². The third-order valence-electron chi connectivity index (χ3n) is 4.86. The molecule has 1 aliphatic heterocycles. The van der Waals surface area contributed by atoms with Gasteiger partial charge in [0.15, 0.2) is 5.11 Å². The van der Waals surface area contributed by atoms with Crippen molar-refractivity contribution in [2.75, 3.05) is 19.0 Å². The van der Waals surface area contributed by atoms with Crippen molar-refractivity contribution < 1.29 is 14.3 Å². The van der Waals surface area contributed by atoms with Gasteiger partial charge in [0.05, 0.1) is 18.2 Å². The SMILES string of the molecule is CCOC(=O)C1=C(C)N(C)C(=S)NC1c1ccc(NC(=O)c2ccc(Br)cc2)cc1. The molecular formula is C22H22BrN3O3S. The lowest BCUT2D eigenvalue weighted by molar-refractivity contribution is -0.139. The Morgan fingerprint density at radius 1 is 1.17 bits per heavy atom. The van der Waals surface area contributed by atoms with Gasteiger partial charge in [0.25, 0.3) is 5.91 Å². The highest BCUT2D eigenvalue weighted by atomic mass is 79.9. The third kappa shape index (κ3) is 4.71. The third-order valence-corrected chi connectivity index (χ3v) is 5.78. The van der Waals surface area contributed by atoms with Crippen molar-refractivity contribution in [1.29, 1.82) is 0 Å². The van der Waals surface area contributed by atoms with Crippen LogP contribution in [0.25, 0.3) is 0 Å². The highest BCUT2D eigenvalue weighted by molar-refractivity contribution is 9.10. The van der Waals surface area contributed by atoms with E-state index >= 15 is 0 Å². The zero-order valence-corrected chi connectivity index (χ0v) is 19.3. The summed E-state index contributed by atoms with van der Waals surface area (Å²) in [5, 5.41) is 6.60. The van der Waals surface area contributed by atoms with Gasteiger partial charge in [0.2, 0.25) is 0 Å². The molecule has 1 aliphatic rings. The Morgan fingerprint density at radius 2 is 1.80 bits per heavy atom. The van der Waals surface area contributed by atoms with Crippen LogP contribution in [0.1, 0.15) is 35.8 Å². The number of carbonyl (C=O) groups is 2. The Morgan fingerprint density at radius 3 is 2.40 bits per heavy atom. The molecule has 0 aliphatic carbocycles. The zero-order chi connectivity index (χ0) is 21.8. The summed E-state index contributed by atoms with van der Waals surface area (Å²) >= 11 is 8.76. The van der Waals surface area contributed by atoms with E-state index in [9.17, 15) is 9.59 Å². The van der Waals surface area contributed by atoms with Crippen LogP contribution in [0, 0.1) is 0 Å². The summed E-state index contributed by atoms with van der Waals surface area (Å²) in [6, 6.07) is 14.0. The monoisotopic (exact) mass is 487 g/mol. The number of rotatable bonds is 5. The molecule has 1 unspecified atom stereocenters. The van der Waals surface area contributed by atoms with Gasteiger partial charge in [-0.1, -0.05) is 28.1 Å². The fourth-order valence-corrected chi connectivity index (χ4v) is 3.64. The summed E-state index contributed by atoms with van der Waals surface area (Å²) in [5.74, 6) is -0.578.